The molecule has 1 aromatic carbocycles. The molecule has 1 unspecified atom stereocenters. The number of aryl methyl sites for hydroxylation is 2. The van der Waals surface area contributed by atoms with Crippen molar-refractivity contribution in [3.05, 3.63) is 63.0 Å². The molecule has 0 saturated heterocycles. The molecule has 160 valence electrons. The molecule has 0 aliphatic carbocycles. The van der Waals surface area contributed by atoms with Gasteiger partial charge in [-0.3, -0.25) is 14.2 Å². The van der Waals surface area contributed by atoms with Crippen molar-refractivity contribution >= 4 is 34.9 Å². The lowest BCUT2D eigenvalue weighted by molar-refractivity contribution is -0.141. The molecule has 0 aliphatic heterocycles. The molecule has 3 rings (SSSR count). The minimum absolute atomic E-state index is 0.222. The Kier molecular flexibility index (Phi) is 6.14. The van der Waals surface area contributed by atoms with Gasteiger partial charge in [0.05, 0.1) is 6.54 Å². The van der Waals surface area contributed by atoms with Crippen molar-refractivity contribution in [3.63, 3.8) is 0 Å². The SMILES string of the molecule is Cc1cc(NC(=O)C(C)n2nc(C(F)(F)F)cc2C)nn1Cc1c(Cl)cccc1Cl. The fourth-order valence-corrected chi connectivity index (χ4v) is 3.44. The molecule has 0 aliphatic rings. The number of carbonyl (C=O) groups is 1. The van der Waals surface area contributed by atoms with Crippen LogP contribution in [-0.2, 0) is 17.5 Å². The molecule has 1 atom stereocenters. The van der Waals surface area contributed by atoms with Crippen LogP contribution in [0.4, 0.5) is 19.0 Å². The van der Waals surface area contributed by atoms with Crippen LogP contribution in [0.2, 0.25) is 10.0 Å². The van der Waals surface area contributed by atoms with E-state index in [1.165, 1.54) is 13.8 Å². The lowest BCUT2D eigenvalue weighted by Crippen LogP contribution is -2.26. The Bertz CT molecular complexity index is 1070. The van der Waals surface area contributed by atoms with Crippen LogP contribution in [0, 0.1) is 13.8 Å². The summed E-state index contributed by atoms with van der Waals surface area (Å²) >= 11 is 12.4. The zero-order valence-electron chi connectivity index (χ0n) is 16.3. The number of rotatable bonds is 5. The fraction of sp³-hybridized carbons (Fsp3) is 0.316. The topological polar surface area (TPSA) is 64.7 Å². The normalized spacial score (nSPS) is 12.8. The van der Waals surface area contributed by atoms with Gasteiger partial charge in [0.15, 0.2) is 11.5 Å². The molecular formula is C19H18Cl2F3N5O. The fourth-order valence-electron chi connectivity index (χ4n) is 2.92. The highest BCUT2D eigenvalue weighted by molar-refractivity contribution is 6.35. The maximum absolute atomic E-state index is 12.9. The molecule has 2 heterocycles. The molecule has 0 saturated carbocycles. The summed E-state index contributed by atoms with van der Waals surface area (Å²) < 4.78 is 41.3. The van der Waals surface area contributed by atoms with Crippen molar-refractivity contribution in [2.45, 2.75) is 39.5 Å². The lowest BCUT2D eigenvalue weighted by atomic mass is 10.2. The molecule has 0 bridgehead atoms. The van der Waals surface area contributed by atoms with Crippen molar-refractivity contribution in [3.8, 4) is 0 Å². The van der Waals surface area contributed by atoms with Crippen molar-refractivity contribution in [2.24, 2.45) is 0 Å². The Hall–Kier alpha value is -2.52. The smallest absolute Gasteiger partial charge is 0.307 e. The van der Waals surface area contributed by atoms with E-state index in [0.29, 0.717) is 22.2 Å². The van der Waals surface area contributed by atoms with Gasteiger partial charge in [-0.05, 0) is 39.0 Å². The number of nitrogens with zero attached hydrogens (tertiary/aromatic N) is 4. The number of anilines is 1. The quantitative estimate of drug-likeness (QED) is 0.564. The maximum Gasteiger partial charge on any atom is 0.435 e. The molecule has 0 radical (unpaired) electrons. The van der Waals surface area contributed by atoms with Crippen molar-refractivity contribution in [1.29, 1.82) is 0 Å². The second kappa shape index (κ2) is 8.31. The number of alkyl halides is 3. The zero-order valence-corrected chi connectivity index (χ0v) is 17.8. The van der Waals surface area contributed by atoms with Crippen molar-refractivity contribution in [1.82, 2.24) is 19.6 Å². The van der Waals surface area contributed by atoms with Crippen LogP contribution in [0.3, 0.4) is 0 Å². The van der Waals surface area contributed by atoms with Gasteiger partial charge in [0, 0.05) is 33.1 Å². The molecule has 1 amide bonds. The van der Waals surface area contributed by atoms with Gasteiger partial charge < -0.3 is 5.32 Å². The van der Waals surface area contributed by atoms with Crippen LogP contribution in [0.1, 0.15) is 35.6 Å². The van der Waals surface area contributed by atoms with E-state index in [1.807, 2.05) is 0 Å². The van der Waals surface area contributed by atoms with Gasteiger partial charge in [-0.15, -0.1) is 0 Å². The lowest BCUT2D eigenvalue weighted by Gasteiger charge is -2.13. The van der Waals surface area contributed by atoms with Crippen molar-refractivity contribution in [2.75, 3.05) is 5.32 Å². The summed E-state index contributed by atoms with van der Waals surface area (Å²) in [7, 11) is 0. The van der Waals surface area contributed by atoms with Crippen LogP contribution < -0.4 is 5.32 Å². The summed E-state index contributed by atoms with van der Waals surface area (Å²) in [5.41, 5.74) is 0.602. The number of aromatic nitrogens is 4. The van der Waals surface area contributed by atoms with Gasteiger partial charge >= 0.3 is 6.18 Å². The average Bonchev–Trinajstić information content (AvgIpc) is 3.20. The minimum atomic E-state index is -4.58. The first-order valence-electron chi connectivity index (χ1n) is 8.89. The molecule has 11 heteroatoms. The van der Waals surface area contributed by atoms with Crippen LogP contribution in [-0.4, -0.2) is 25.5 Å². The number of halogens is 5. The number of nitrogens with one attached hydrogen (secondary N) is 1. The molecule has 1 N–H and O–H groups in total. The van der Waals surface area contributed by atoms with Gasteiger partial charge in [-0.25, -0.2) is 0 Å². The first kappa shape index (κ1) is 22.2. The molecule has 0 spiro atoms. The van der Waals surface area contributed by atoms with E-state index >= 15 is 0 Å². The molecule has 2 aromatic heterocycles. The Morgan fingerprint density at radius 2 is 1.77 bits per heavy atom. The highest BCUT2D eigenvalue weighted by Crippen LogP contribution is 2.29. The zero-order chi connectivity index (χ0) is 22.2. The van der Waals surface area contributed by atoms with E-state index in [0.717, 1.165) is 16.4 Å². The van der Waals surface area contributed by atoms with Crippen LogP contribution in [0.25, 0.3) is 0 Å². The summed E-state index contributed by atoms with van der Waals surface area (Å²) in [6.45, 7) is 5.01. The molecule has 6 nitrogen and oxygen atoms in total. The molecule has 3 aromatic rings. The van der Waals surface area contributed by atoms with E-state index in [9.17, 15) is 18.0 Å². The molecular weight excluding hydrogens is 442 g/mol. The van der Waals surface area contributed by atoms with Gasteiger partial charge in [0.1, 0.15) is 6.04 Å². The van der Waals surface area contributed by atoms with E-state index in [2.05, 4.69) is 15.5 Å². The third-order valence-corrected chi connectivity index (χ3v) is 5.27. The second-order valence-corrected chi connectivity index (χ2v) is 7.62. The Morgan fingerprint density at radius 1 is 1.13 bits per heavy atom. The van der Waals surface area contributed by atoms with Crippen LogP contribution in [0.5, 0.6) is 0 Å². The number of benzene rings is 1. The summed E-state index contributed by atoms with van der Waals surface area (Å²) in [5.74, 6) is -0.288. The standard InChI is InChI=1S/C19H18Cl2F3N5O/c1-10-8-17(27-28(10)9-13-14(20)5-4-6-15(13)21)25-18(30)12(3)29-11(2)7-16(26-29)19(22,23)24/h4-8,12H,9H2,1-3H3,(H,25,27,30). The summed E-state index contributed by atoms with van der Waals surface area (Å²) in [4.78, 5) is 12.6. The van der Waals surface area contributed by atoms with E-state index in [1.54, 1.807) is 35.9 Å². The summed E-state index contributed by atoms with van der Waals surface area (Å²) in [5, 5.41) is 11.4. The first-order valence-corrected chi connectivity index (χ1v) is 9.64. The van der Waals surface area contributed by atoms with Crippen molar-refractivity contribution < 1.29 is 18.0 Å². The number of hydrogen-bond acceptors (Lipinski definition) is 3. The monoisotopic (exact) mass is 459 g/mol. The Balaban J connectivity index is 1.76. The predicted octanol–water partition coefficient (Wildman–Crippen LogP) is 5.27. The summed E-state index contributed by atoms with van der Waals surface area (Å²) in [6.07, 6.45) is -4.58. The van der Waals surface area contributed by atoms with Crippen LogP contribution >= 0.6 is 23.2 Å². The van der Waals surface area contributed by atoms with E-state index in [-0.39, 0.29) is 11.5 Å². The predicted molar refractivity (Wildman–Crippen MR) is 108 cm³/mol. The maximum atomic E-state index is 12.9. The Morgan fingerprint density at radius 3 is 2.33 bits per heavy atom. The van der Waals surface area contributed by atoms with Gasteiger partial charge in [-0.2, -0.15) is 23.4 Å². The van der Waals surface area contributed by atoms with Gasteiger partial charge in [0.25, 0.3) is 0 Å². The number of carbonyl (C=O) groups excluding carboxylic acids is 1. The highest BCUT2D eigenvalue weighted by atomic mass is 35.5. The third kappa shape index (κ3) is 4.62. The Labute approximate surface area is 180 Å². The van der Waals surface area contributed by atoms with E-state index < -0.39 is 23.8 Å². The molecule has 0 fully saturated rings. The van der Waals surface area contributed by atoms with E-state index in [4.69, 9.17) is 23.2 Å². The second-order valence-electron chi connectivity index (χ2n) is 6.81. The van der Waals surface area contributed by atoms with Crippen LogP contribution in [0.15, 0.2) is 30.3 Å². The minimum Gasteiger partial charge on any atom is -0.307 e. The van der Waals surface area contributed by atoms with Gasteiger partial charge in [0.2, 0.25) is 5.91 Å². The van der Waals surface area contributed by atoms with Gasteiger partial charge in [-0.1, -0.05) is 29.3 Å². The number of hydrogen-bond donors (Lipinski definition) is 1. The number of amides is 1. The average molecular weight is 460 g/mol. The molecule has 30 heavy (non-hydrogen) atoms. The third-order valence-electron chi connectivity index (χ3n) is 4.56. The largest absolute Gasteiger partial charge is 0.435 e. The first-order chi connectivity index (χ1) is 14.0. The summed E-state index contributed by atoms with van der Waals surface area (Å²) in [6, 6.07) is 6.74. The highest BCUT2D eigenvalue weighted by Gasteiger charge is 2.35.